The Balaban J connectivity index is 1.94. The van der Waals surface area contributed by atoms with Crippen molar-refractivity contribution in [1.82, 2.24) is 10.3 Å². The Bertz CT molecular complexity index is 726. The van der Waals surface area contributed by atoms with E-state index in [9.17, 15) is 9.59 Å². The fraction of sp³-hybridized carbons (Fsp3) is 0.353. The third-order valence-electron chi connectivity index (χ3n) is 3.84. The van der Waals surface area contributed by atoms with E-state index in [2.05, 4.69) is 10.3 Å². The number of carboxylic acids is 1. The smallest absolute Gasteiger partial charge is 0.329 e. The third-order valence-corrected chi connectivity index (χ3v) is 4.09. The van der Waals surface area contributed by atoms with E-state index in [4.69, 9.17) is 21.1 Å². The normalized spacial score (nSPS) is 13.3. The van der Waals surface area contributed by atoms with Gasteiger partial charge in [0.15, 0.2) is 11.7 Å². The monoisotopic (exact) mass is 350 g/mol. The van der Waals surface area contributed by atoms with Crippen LogP contribution in [0.4, 0.5) is 0 Å². The lowest BCUT2D eigenvalue weighted by Gasteiger charge is -2.24. The molecule has 1 amide bonds. The van der Waals surface area contributed by atoms with Gasteiger partial charge in [0, 0.05) is 23.4 Å². The van der Waals surface area contributed by atoms with Crippen LogP contribution in [0.25, 0.3) is 11.3 Å². The number of carbonyl (C=O) groups is 2. The van der Waals surface area contributed by atoms with E-state index in [1.807, 2.05) is 12.1 Å². The molecule has 0 radical (unpaired) electrons. The van der Waals surface area contributed by atoms with Crippen LogP contribution in [0.15, 0.2) is 34.9 Å². The molecule has 0 saturated heterocycles. The summed E-state index contributed by atoms with van der Waals surface area (Å²) in [5.41, 5.74) is -0.422. The van der Waals surface area contributed by atoms with Gasteiger partial charge in [-0.05, 0) is 37.6 Å². The van der Waals surface area contributed by atoms with Gasteiger partial charge in [0.2, 0.25) is 5.91 Å². The van der Waals surface area contributed by atoms with Crippen molar-refractivity contribution in [3.63, 3.8) is 0 Å². The number of benzene rings is 1. The van der Waals surface area contributed by atoms with Gasteiger partial charge in [-0.15, -0.1) is 0 Å². The van der Waals surface area contributed by atoms with Gasteiger partial charge in [0.1, 0.15) is 5.54 Å². The number of amides is 1. The maximum atomic E-state index is 12.0. The van der Waals surface area contributed by atoms with Crippen molar-refractivity contribution in [1.29, 1.82) is 0 Å². The Morgan fingerprint density at radius 3 is 2.58 bits per heavy atom. The van der Waals surface area contributed by atoms with E-state index in [0.29, 0.717) is 29.5 Å². The third kappa shape index (κ3) is 4.35. The van der Waals surface area contributed by atoms with Crippen molar-refractivity contribution in [2.45, 2.75) is 38.6 Å². The molecule has 7 heteroatoms. The molecular weight excluding hydrogens is 332 g/mol. The van der Waals surface area contributed by atoms with E-state index >= 15 is 0 Å². The van der Waals surface area contributed by atoms with Crippen LogP contribution in [0.1, 0.15) is 32.6 Å². The van der Waals surface area contributed by atoms with Crippen molar-refractivity contribution in [2.24, 2.45) is 0 Å². The van der Waals surface area contributed by atoms with Crippen LogP contribution in [0.5, 0.6) is 0 Å². The molecule has 1 aromatic carbocycles. The summed E-state index contributed by atoms with van der Waals surface area (Å²) in [5.74, 6) is -0.401. The standard InChI is InChI=1S/C17H19ClN2O4/c1-3-17(2,16(22)23)20-14(21)8-9-15-19-10-13(24-15)11-4-6-12(18)7-5-11/h4-7,10H,3,8-9H2,1-2H3,(H,20,21)(H,22,23). The largest absolute Gasteiger partial charge is 0.480 e. The van der Waals surface area contributed by atoms with E-state index in [0.717, 1.165) is 5.56 Å². The number of hydrogen-bond donors (Lipinski definition) is 2. The fourth-order valence-electron chi connectivity index (χ4n) is 2.06. The summed E-state index contributed by atoms with van der Waals surface area (Å²) in [7, 11) is 0. The van der Waals surface area contributed by atoms with Crippen LogP contribution < -0.4 is 5.32 Å². The van der Waals surface area contributed by atoms with E-state index in [-0.39, 0.29) is 12.3 Å². The molecule has 1 heterocycles. The average Bonchev–Trinajstić information content (AvgIpc) is 3.02. The number of aromatic nitrogens is 1. The predicted molar refractivity (Wildman–Crippen MR) is 89.7 cm³/mol. The molecule has 6 nitrogen and oxygen atoms in total. The lowest BCUT2D eigenvalue weighted by molar-refractivity contribution is -0.147. The first-order chi connectivity index (χ1) is 11.3. The van der Waals surface area contributed by atoms with Gasteiger partial charge >= 0.3 is 5.97 Å². The summed E-state index contributed by atoms with van der Waals surface area (Å²) in [6.07, 6.45) is 2.28. The number of oxazole rings is 1. The van der Waals surface area contributed by atoms with Gasteiger partial charge in [-0.25, -0.2) is 9.78 Å². The molecule has 1 aromatic heterocycles. The van der Waals surface area contributed by atoms with E-state index < -0.39 is 11.5 Å². The van der Waals surface area contributed by atoms with Gasteiger partial charge in [0.25, 0.3) is 0 Å². The van der Waals surface area contributed by atoms with Crippen molar-refractivity contribution >= 4 is 23.5 Å². The second-order valence-electron chi connectivity index (χ2n) is 5.66. The molecule has 0 fully saturated rings. The highest BCUT2D eigenvalue weighted by molar-refractivity contribution is 6.30. The van der Waals surface area contributed by atoms with Gasteiger partial charge in [-0.2, -0.15) is 0 Å². The molecule has 128 valence electrons. The summed E-state index contributed by atoms with van der Waals surface area (Å²) in [5, 5.41) is 12.3. The van der Waals surface area contributed by atoms with Crippen LogP contribution in [-0.2, 0) is 16.0 Å². The van der Waals surface area contributed by atoms with E-state index in [1.54, 1.807) is 25.3 Å². The van der Waals surface area contributed by atoms with Gasteiger partial charge in [0.05, 0.1) is 6.20 Å². The molecule has 0 bridgehead atoms. The minimum absolute atomic E-state index is 0.101. The lowest BCUT2D eigenvalue weighted by Crippen LogP contribution is -2.51. The molecule has 0 aliphatic heterocycles. The highest BCUT2D eigenvalue weighted by Gasteiger charge is 2.32. The number of halogens is 1. The molecule has 1 atom stereocenters. The minimum Gasteiger partial charge on any atom is -0.480 e. The van der Waals surface area contributed by atoms with Crippen LogP contribution >= 0.6 is 11.6 Å². The lowest BCUT2D eigenvalue weighted by atomic mass is 9.99. The number of rotatable bonds is 7. The Hall–Kier alpha value is -2.34. The minimum atomic E-state index is -1.26. The molecular formula is C17H19ClN2O4. The van der Waals surface area contributed by atoms with Gasteiger partial charge < -0.3 is 14.8 Å². The highest BCUT2D eigenvalue weighted by Crippen LogP contribution is 2.22. The van der Waals surface area contributed by atoms with E-state index in [1.165, 1.54) is 6.92 Å². The molecule has 0 aliphatic rings. The molecule has 0 spiro atoms. The second kappa shape index (κ2) is 7.49. The molecule has 2 N–H and O–H groups in total. The molecule has 0 aliphatic carbocycles. The summed E-state index contributed by atoms with van der Waals surface area (Å²) >= 11 is 5.84. The Labute approximate surface area is 144 Å². The quantitative estimate of drug-likeness (QED) is 0.799. The van der Waals surface area contributed by atoms with Crippen molar-refractivity contribution in [3.05, 3.63) is 41.4 Å². The maximum Gasteiger partial charge on any atom is 0.329 e. The van der Waals surface area contributed by atoms with Gasteiger partial charge in [-0.1, -0.05) is 18.5 Å². The Morgan fingerprint density at radius 1 is 1.33 bits per heavy atom. The topological polar surface area (TPSA) is 92.4 Å². The zero-order valence-electron chi connectivity index (χ0n) is 13.5. The first-order valence-electron chi connectivity index (χ1n) is 7.59. The number of hydrogen-bond acceptors (Lipinski definition) is 4. The second-order valence-corrected chi connectivity index (χ2v) is 6.10. The van der Waals surface area contributed by atoms with Crippen molar-refractivity contribution < 1.29 is 19.1 Å². The molecule has 1 unspecified atom stereocenters. The van der Waals surface area contributed by atoms with Crippen molar-refractivity contribution in [3.8, 4) is 11.3 Å². The summed E-state index contributed by atoms with van der Waals surface area (Å²) in [4.78, 5) is 27.3. The molecule has 24 heavy (non-hydrogen) atoms. The number of nitrogens with one attached hydrogen (secondary N) is 1. The summed E-state index contributed by atoms with van der Waals surface area (Å²) in [6.45, 7) is 3.19. The summed E-state index contributed by atoms with van der Waals surface area (Å²) in [6, 6.07) is 7.14. The zero-order chi connectivity index (χ0) is 17.7. The number of aryl methyl sites for hydroxylation is 1. The molecule has 0 saturated carbocycles. The van der Waals surface area contributed by atoms with Crippen LogP contribution in [0, 0.1) is 0 Å². The highest BCUT2D eigenvalue weighted by atomic mass is 35.5. The number of nitrogens with zero attached hydrogens (tertiary/aromatic N) is 1. The van der Waals surface area contributed by atoms with Crippen molar-refractivity contribution in [2.75, 3.05) is 0 Å². The SMILES string of the molecule is CCC(C)(NC(=O)CCc1ncc(-c2ccc(Cl)cc2)o1)C(=O)O. The summed E-state index contributed by atoms with van der Waals surface area (Å²) < 4.78 is 5.61. The van der Waals surface area contributed by atoms with Gasteiger partial charge in [-0.3, -0.25) is 4.79 Å². The first kappa shape index (κ1) is 18.0. The number of carboxylic acid groups (broad SMARTS) is 1. The van der Waals surface area contributed by atoms with Crippen LogP contribution in [-0.4, -0.2) is 27.5 Å². The number of aliphatic carboxylic acids is 1. The first-order valence-corrected chi connectivity index (χ1v) is 7.97. The Kier molecular flexibility index (Phi) is 5.62. The molecule has 2 rings (SSSR count). The number of carbonyl (C=O) groups excluding carboxylic acids is 1. The average molecular weight is 351 g/mol. The predicted octanol–water partition coefficient (Wildman–Crippen LogP) is 3.30. The Morgan fingerprint density at radius 2 is 2.00 bits per heavy atom. The fourth-order valence-corrected chi connectivity index (χ4v) is 2.18. The molecule has 2 aromatic rings. The zero-order valence-corrected chi connectivity index (χ0v) is 14.3. The van der Waals surface area contributed by atoms with Crippen LogP contribution in [0.2, 0.25) is 5.02 Å². The maximum absolute atomic E-state index is 12.0. The van der Waals surface area contributed by atoms with Crippen LogP contribution in [0.3, 0.4) is 0 Å².